The van der Waals surface area contributed by atoms with E-state index in [1.165, 1.54) is 11.3 Å². The Bertz CT molecular complexity index is 1220. The first-order chi connectivity index (χ1) is 17.6. The lowest BCUT2D eigenvalue weighted by molar-refractivity contribution is -0.124. The fraction of sp³-hybridized carbons (Fsp3) is 0.280. The van der Waals surface area contributed by atoms with Crippen LogP contribution in [-0.2, 0) is 24.1 Å². The summed E-state index contributed by atoms with van der Waals surface area (Å²) >= 11 is 1.42. The normalized spacial score (nSPS) is 12.6. The Labute approximate surface area is 212 Å². The van der Waals surface area contributed by atoms with Gasteiger partial charge in [0.15, 0.2) is 11.9 Å². The van der Waals surface area contributed by atoms with E-state index in [-0.39, 0.29) is 5.82 Å². The predicted octanol–water partition coefficient (Wildman–Crippen LogP) is 2.93. The van der Waals surface area contributed by atoms with E-state index in [0.29, 0.717) is 17.1 Å². The third-order valence-corrected chi connectivity index (χ3v) is 6.21. The summed E-state index contributed by atoms with van der Waals surface area (Å²) < 4.78 is 0. The third kappa shape index (κ3) is 7.60. The number of hydrogen-bond acceptors (Lipinski definition) is 10. The molecule has 1 amide bonds. The van der Waals surface area contributed by atoms with Crippen LogP contribution in [0.2, 0.25) is 0 Å². The van der Waals surface area contributed by atoms with Crippen molar-refractivity contribution in [1.82, 2.24) is 25.4 Å². The second-order valence-electron chi connectivity index (χ2n) is 8.11. The standard InChI is InChI=1S/C25H27N7O3S/c33-21(16-19-11-6-7-15-26-19)28-25-32-31-22(36-25)12-5-4-10-18-13-14-20(30-29-18)27-24(35)23(34)17-8-2-1-3-9-17/h1-3,6-9,11,13-15,21,23,33-34H,4-5,10,12,16H2,(H,28,32)(H,27,30,35). The Hall–Kier alpha value is -3.80. The van der Waals surface area contributed by atoms with Crippen LogP contribution in [0.3, 0.4) is 0 Å². The molecule has 4 N–H and O–H groups in total. The van der Waals surface area contributed by atoms with Crippen molar-refractivity contribution < 1.29 is 15.0 Å². The number of aliphatic hydroxyl groups excluding tert-OH is 2. The summed E-state index contributed by atoms with van der Waals surface area (Å²) in [6, 6.07) is 17.8. The Morgan fingerprint density at radius 3 is 2.42 bits per heavy atom. The highest BCUT2D eigenvalue weighted by atomic mass is 32.1. The number of unbranched alkanes of at least 4 members (excludes halogenated alkanes) is 1. The molecule has 4 aromatic rings. The summed E-state index contributed by atoms with van der Waals surface area (Å²) in [6.07, 6.45) is 3.32. The molecular formula is C25H27N7O3S. The molecule has 11 heteroatoms. The summed E-state index contributed by atoms with van der Waals surface area (Å²) in [4.78, 5) is 16.4. The van der Waals surface area contributed by atoms with E-state index in [9.17, 15) is 15.0 Å². The van der Waals surface area contributed by atoms with Gasteiger partial charge < -0.3 is 20.8 Å². The zero-order chi connectivity index (χ0) is 25.2. The molecule has 0 aliphatic carbocycles. The Morgan fingerprint density at radius 1 is 0.861 bits per heavy atom. The lowest BCUT2D eigenvalue weighted by atomic mass is 10.1. The number of nitrogens with zero attached hydrogens (tertiary/aromatic N) is 5. The van der Waals surface area contributed by atoms with E-state index >= 15 is 0 Å². The van der Waals surface area contributed by atoms with Gasteiger partial charge in [-0.1, -0.05) is 47.7 Å². The predicted molar refractivity (Wildman–Crippen MR) is 136 cm³/mol. The molecule has 36 heavy (non-hydrogen) atoms. The first-order valence-electron chi connectivity index (χ1n) is 11.6. The van der Waals surface area contributed by atoms with Gasteiger partial charge in [0.1, 0.15) is 11.2 Å². The largest absolute Gasteiger partial charge is 0.378 e. The first-order valence-corrected chi connectivity index (χ1v) is 12.4. The van der Waals surface area contributed by atoms with Crippen LogP contribution < -0.4 is 10.6 Å². The average Bonchev–Trinajstić information content (AvgIpc) is 3.35. The molecule has 0 saturated heterocycles. The lowest BCUT2D eigenvalue weighted by Gasteiger charge is -2.11. The maximum absolute atomic E-state index is 12.2. The number of aryl methyl sites for hydroxylation is 2. The van der Waals surface area contributed by atoms with Crippen molar-refractivity contribution in [2.75, 3.05) is 10.6 Å². The number of anilines is 2. The summed E-state index contributed by atoms with van der Waals surface area (Å²) in [5.74, 6) is -0.267. The van der Waals surface area contributed by atoms with E-state index in [1.807, 2.05) is 30.3 Å². The molecule has 2 unspecified atom stereocenters. The van der Waals surface area contributed by atoms with Crippen LogP contribution in [0.5, 0.6) is 0 Å². The third-order valence-electron chi connectivity index (χ3n) is 5.29. The number of hydrogen-bond donors (Lipinski definition) is 4. The first kappa shape index (κ1) is 25.3. The van der Waals surface area contributed by atoms with Crippen LogP contribution in [0, 0.1) is 0 Å². The molecule has 2 atom stereocenters. The van der Waals surface area contributed by atoms with Crippen molar-refractivity contribution in [2.45, 2.75) is 44.4 Å². The summed E-state index contributed by atoms with van der Waals surface area (Å²) in [5, 5.41) is 43.9. The lowest BCUT2D eigenvalue weighted by Crippen LogP contribution is -2.21. The molecule has 0 radical (unpaired) electrons. The number of benzene rings is 1. The topological polar surface area (TPSA) is 146 Å². The SMILES string of the molecule is O=C(Nc1ccc(CCCCc2nnc(NC(O)Cc3ccccn3)s2)nn1)C(O)c1ccccc1. The van der Waals surface area contributed by atoms with Crippen molar-refractivity contribution in [2.24, 2.45) is 0 Å². The van der Waals surface area contributed by atoms with Crippen LogP contribution in [0.4, 0.5) is 10.9 Å². The van der Waals surface area contributed by atoms with Crippen LogP contribution in [0.15, 0.2) is 66.9 Å². The Morgan fingerprint density at radius 2 is 1.67 bits per heavy atom. The van der Waals surface area contributed by atoms with Gasteiger partial charge in [0, 0.05) is 24.7 Å². The number of aromatic nitrogens is 5. The van der Waals surface area contributed by atoms with Crippen molar-refractivity contribution >= 4 is 28.2 Å². The molecule has 3 aromatic heterocycles. The maximum Gasteiger partial charge on any atom is 0.259 e. The van der Waals surface area contributed by atoms with Crippen LogP contribution in [0.1, 0.15) is 40.9 Å². The molecule has 0 aliphatic heterocycles. The molecule has 0 aliphatic rings. The van der Waals surface area contributed by atoms with Crippen molar-refractivity contribution in [1.29, 1.82) is 0 Å². The molecule has 1 aromatic carbocycles. The Balaban J connectivity index is 1.16. The fourth-order valence-electron chi connectivity index (χ4n) is 3.45. The number of carbonyl (C=O) groups is 1. The monoisotopic (exact) mass is 505 g/mol. The van der Waals surface area contributed by atoms with Gasteiger partial charge in [-0.2, -0.15) is 5.10 Å². The molecular weight excluding hydrogens is 478 g/mol. The highest BCUT2D eigenvalue weighted by Gasteiger charge is 2.17. The number of rotatable bonds is 12. The van der Waals surface area contributed by atoms with E-state index in [0.717, 1.165) is 42.1 Å². The fourth-order valence-corrected chi connectivity index (χ4v) is 4.27. The smallest absolute Gasteiger partial charge is 0.259 e. The van der Waals surface area contributed by atoms with Crippen LogP contribution >= 0.6 is 11.3 Å². The molecule has 0 bridgehead atoms. The van der Waals surface area contributed by atoms with Gasteiger partial charge in [0.2, 0.25) is 5.13 Å². The zero-order valence-corrected chi connectivity index (χ0v) is 20.3. The Kier molecular flexibility index (Phi) is 8.98. The van der Waals surface area contributed by atoms with Gasteiger partial charge >= 0.3 is 0 Å². The van der Waals surface area contributed by atoms with Gasteiger partial charge in [0.25, 0.3) is 5.91 Å². The van der Waals surface area contributed by atoms with Crippen LogP contribution in [-0.4, -0.2) is 47.7 Å². The molecule has 0 spiro atoms. The van der Waals surface area contributed by atoms with E-state index in [2.05, 4.69) is 36.0 Å². The molecule has 3 heterocycles. The number of aliphatic hydroxyl groups is 2. The van der Waals surface area contributed by atoms with Gasteiger partial charge in [-0.3, -0.25) is 9.78 Å². The molecule has 0 saturated carbocycles. The molecule has 4 rings (SSSR count). The second kappa shape index (κ2) is 12.8. The van der Waals surface area contributed by atoms with Gasteiger partial charge in [-0.15, -0.1) is 15.3 Å². The highest BCUT2D eigenvalue weighted by molar-refractivity contribution is 7.15. The number of pyridine rings is 1. The maximum atomic E-state index is 12.2. The summed E-state index contributed by atoms with van der Waals surface area (Å²) in [6.45, 7) is 0. The summed E-state index contributed by atoms with van der Waals surface area (Å²) in [7, 11) is 0. The van der Waals surface area contributed by atoms with Crippen molar-refractivity contribution in [3.63, 3.8) is 0 Å². The van der Waals surface area contributed by atoms with E-state index in [4.69, 9.17) is 0 Å². The minimum atomic E-state index is -1.27. The van der Waals surface area contributed by atoms with Crippen molar-refractivity contribution in [3.8, 4) is 0 Å². The quantitative estimate of drug-likeness (QED) is 0.169. The minimum absolute atomic E-state index is 0.290. The number of carbonyl (C=O) groups excluding carboxylic acids is 1. The second-order valence-corrected chi connectivity index (χ2v) is 9.17. The van der Waals surface area contributed by atoms with Crippen LogP contribution in [0.25, 0.3) is 0 Å². The average molecular weight is 506 g/mol. The van der Waals surface area contributed by atoms with E-state index in [1.54, 1.807) is 36.5 Å². The zero-order valence-electron chi connectivity index (χ0n) is 19.5. The number of amides is 1. The number of nitrogens with one attached hydrogen (secondary N) is 2. The van der Waals surface area contributed by atoms with Gasteiger partial charge in [-0.25, -0.2) is 0 Å². The highest BCUT2D eigenvalue weighted by Crippen LogP contribution is 2.19. The molecule has 186 valence electrons. The van der Waals surface area contributed by atoms with E-state index < -0.39 is 18.2 Å². The van der Waals surface area contributed by atoms with Crippen molar-refractivity contribution in [3.05, 3.63) is 88.8 Å². The van der Waals surface area contributed by atoms with Gasteiger partial charge in [-0.05, 0) is 49.1 Å². The minimum Gasteiger partial charge on any atom is -0.378 e. The van der Waals surface area contributed by atoms with Gasteiger partial charge in [0.05, 0.1) is 5.69 Å². The summed E-state index contributed by atoms with van der Waals surface area (Å²) in [5.41, 5.74) is 2.12. The molecule has 0 fully saturated rings. The molecule has 10 nitrogen and oxygen atoms in total.